The molecule has 1 atom stereocenters. The van der Waals surface area contributed by atoms with Crippen molar-refractivity contribution in [3.63, 3.8) is 0 Å². The average Bonchev–Trinajstić information content (AvgIpc) is 3.29. The molecule has 3 heterocycles. The molecule has 0 radical (unpaired) electrons. The molecule has 4 aromatic rings. The molecule has 2 aromatic carbocycles. The van der Waals surface area contributed by atoms with Gasteiger partial charge in [0, 0.05) is 46.8 Å². The summed E-state index contributed by atoms with van der Waals surface area (Å²) in [6.07, 6.45) is 2.70. The topological polar surface area (TPSA) is 63.3 Å². The molecular formula is C27H25Cl2FN4O2. The Morgan fingerprint density at radius 1 is 1.17 bits per heavy atom. The van der Waals surface area contributed by atoms with Crippen LogP contribution in [0.15, 0.2) is 54.7 Å². The number of fused-ring (bicyclic) bond motifs is 1. The summed E-state index contributed by atoms with van der Waals surface area (Å²) in [6, 6.07) is 14.5. The van der Waals surface area contributed by atoms with Crippen molar-refractivity contribution < 1.29 is 13.9 Å². The van der Waals surface area contributed by atoms with Crippen LogP contribution in [0.3, 0.4) is 0 Å². The first-order valence-electron chi connectivity index (χ1n) is 11.7. The molecule has 0 saturated carbocycles. The minimum Gasteiger partial charge on any atom is -0.486 e. The molecule has 0 bridgehead atoms. The quantitative estimate of drug-likeness (QED) is 0.290. The van der Waals surface area contributed by atoms with E-state index in [1.54, 1.807) is 42.6 Å². The van der Waals surface area contributed by atoms with Gasteiger partial charge in [0.05, 0.1) is 24.4 Å². The predicted molar refractivity (Wildman–Crippen MR) is 141 cm³/mol. The van der Waals surface area contributed by atoms with Gasteiger partial charge in [0.2, 0.25) is 0 Å². The lowest BCUT2D eigenvalue weighted by Gasteiger charge is -2.26. The summed E-state index contributed by atoms with van der Waals surface area (Å²) in [7, 11) is 0. The van der Waals surface area contributed by atoms with Crippen molar-refractivity contribution in [2.45, 2.75) is 19.6 Å². The number of pyridine rings is 1. The van der Waals surface area contributed by atoms with E-state index in [1.807, 2.05) is 19.1 Å². The normalized spacial score (nSPS) is 15.8. The lowest BCUT2D eigenvalue weighted by atomic mass is 10.1. The molecule has 0 spiro atoms. The van der Waals surface area contributed by atoms with Gasteiger partial charge in [-0.25, -0.2) is 4.39 Å². The van der Waals surface area contributed by atoms with Crippen molar-refractivity contribution >= 4 is 46.0 Å². The number of H-pyrrole nitrogens is 1. The predicted octanol–water partition coefficient (Wildman–Crippen LogP) is 6.70. The van der Waals surface area contributed by atoms with Crippen LogP contribution < -0.4 is 4.74 Å². The van der Waals surface area contributed by atoms with Crippen LogP contribution in [0, 0.1) is 0 Å². The lowest BCUT2D eigenvalue weighted by Crippen LogP contribution is -2.35. The van der Waals surface area contributed by atoms with Crippen molar-refractivity contribution in [2.24, 2.45) is 0 Å². The number of aromatic amines is 1. The van der Waals surface area contributed by atoms with E-state index < -0.39 is 11.9 Å². The Labute approximate surface area is 218 Å². The fraction of sp³-hybridized carbons (Fsp3) is 0.259. The second-order valence-corrected chi connectivity index (χ2v) is 9.45. The smallest absolute Gasteiger partial charge is 0.151 e. The Morgan fingerprint density at radius 3 is 2.67 bits per heavy atom. The number of benzene rings is 2. The SMILES string of the molecule is C[C@H](Oc1ccc2[nH]nc(/C(F)=C\c3ccc(CN4CCOCC4)nc3)c2c1)c1c(Cl)cccc1Cl. The standard InChI is InChI=1S/C27H25Cl2FN4O2/c1-17(26-22(28)3-2-4-23(26)29)36-20-7-8-25-21(14-20)27(33-32-25)24(30)13-18-5-6-19(31-15-18)16-34-9-11-35-12-10-34/h2-8,13-15,17H,9-12,16H2,1H3,(H,32,33)/b24-13+/t17-/m0/s1. The Morgan fingerprint density at radius 2 is 1.94 bits per heavy atom. The molecule has 1 saturated heterocycles. The Kier molecular flexibility index (Phi) is 7.53. The van der Waals surface area contributed by atoms with E-state index in [1.165, 1.54) is 6.08 Å². The summed E-state index contributed by atoms with van der Waals surface area (Å²) in [5, 5.41) is 8.73. The number of halogens is 3. The van der Waals surface area contributed by atoms with Gasteiger partial charge in [0.25, 0.3) is 0 Å². The number of ether oxygens (including phenoxy) is 2. The summed E-state index contributed by atoms with van der Waals surface area (Å²) >= 11 is 12.6. The zero-order chi connectivity index (χ0) is 25.1. The van der Waals surface area contributed by atoms with Crippen molar-refractivity contribution in [1.29, 1.82) is 0 Å². The number of rotatable bonds is 7. The molecule has 1 fully saturated rings. The van der Waals surface area contributed by atoms with Gasteiger partial charge in [-0.05, 0) is 55.0 Å². The highest BCUT2D eigenvalue weighted by atomic mass is 35.5. The number of hydrogen-bond acceptors (Lipinski definition) is 5. The third-order valence-electron chi connectivity index (χ3n) is 6.11. The largest absolute Gasteiger partial charge is 0.486 e. The van der Waals surface area contributed by atoms with Crippen LogP contribution in [-0.2, 0) is 11.3 Å². The number of hydrogen-bond donors (Lipinski definition) is 1. The van der Waals surface area contributed by atoms with Crippen LogP contribution >= 0.6 is 23.2 Å². The number of morpholine rings is 1. The summed E-state index contributed by atoms with van der Waals surface area (Å²) in [5.74, 6) is 0.0823. The zero-order valence-corrected chi connectivity index (χ0v) is 21.2. The zero-order valence-electron chi connectivity index (χ0n) is 19.7. The number of nitrogens with one attached hydrogen (secondary N) is 1. The summed E-state index contributed by atoms with van der Waals surface area (Å²) < 4.78 is 26.8. The summed E-state index contributed by atoms with van der Waals surface area (Å²) in [6.45, 7) is 5.87. The van der Waals surface area contributed by atoms with Gasteiger partial charge in [0.15, 0.2) is 5.83 Å². The highest BCUT2D eigenvalue weighted by Gasteiger charge is 2.17. The average molecular weight is 527 g/mol. The molecule has 6 nitrogen and oxygen atoms in total. The Hall–Kier alpha value is -2.97. The minimum absolute atomic E-state index is 0.205. The number of aromatic nitrogens is 3. The van der Waals surface area contributed by atoms with Gasteiger partial charge in [-0.15, -0.1) is 0 Å². The van der Waals surface area contributed by atoms with Crippen molar-refractivity contribution in [1.82, 2.24) is 20.1 Å². The Bertz CT molecular complexity index is 1360. The van der Waals surface area contributed by atoms with E-state index in [0.29, 0.717) is 37.8 Å². The van der Waals surface area contributed by atoms with E-state index in [4.69, 9.17) is 32.7 Å². The molecule has 9 heteroatoms. The molecule has 2 aromatic heterocycles. The van der Waals surface area contributed by atoms with E-state index in [2.05, 4.69) is 20.1 Å². The highest BCUT2D eigenvalue weighted by Crippen LogP contribution is 2.35. The molecule has 1 N–H and O–H groups in total. The highest BCUT2D eigenvalue weighted by molar-refractivity contribution is 6.36. The fourth-order valence-electron chi connectivity index (χ4n) is 4.23. The van der Waals surface area contributed by atoms with E-state index in [0.717, 1.165) is 38.5 Å². The van der Waals surface area contributed by atoms with Crippen LogP contribution in [-0.4, -0.2) is 46.4 Å². The van der Waals surface area contributed by atoms with Gasteiger partial charge in [-0.3, -0.25) is 15.0 Å². The third kappa shape index (κ3) is 5.55. The first kappa shape index (κ1) is 24.7. The second kappa shape index (κ2) is 11.0. The van der Waals surface area contributed by atoms with E-state index >= 15 is 4.39 Å². The molecule has 0 unspecified atom stereocenters. The molecule has 1 aliphatic rings. The molecule has 186 valence electrons. The molecule has 1 aliphatic heterocycles. The van der Waals surface area contributed by atoms with Gasteiger partial charge in [-0.2, -0.15) is 5.10 Å². The third-order valence-corrected chi connectivity index (χ3v) is 6.77. The van der Waals surface area contributed by atoms with Crippen molar-refractivity contribution in [2.75, 3.05) is 26.3 Å². The fourth-order valence-corrected chi connectivity index (χ4v) is 4.93. The Balaban J connectivity index is 1.34. The lowest BCUT2D eigenvalue weighted by molar-refractivity contribution is 0.0336. The maximum Gasteiger partial charge on any atom is 0.151 e. The van der Waals surface area contributed by atoms with Gasteiger partial charge in [0.1, 0.15) is 17.5 Å². The molecule has 0 aliphatic carbocycles. The molecule has 36 heavy (non-hydrogen) atoms. The number of nitrogens with zero attached hydrogens (tertiary/aromatic N) is 3. The molecule has 0 amide bonds. The first-order valence-corrected chi connectivity index (χ1v) is 12.4. The van der Waals surface area contributed by atoms with E-state index in [-0.39, 0.29) is 5.69 Å². The second-order valence-electron chi connectivity index (χ2n) is 8.64. The molecular weight excluding hydrogens is 502 g/mol. The van der Waals surface area contributed by atoms with Crippen molar-refractivity contribution in [3.05, 3.63) is 87.3 Å². The van der Waals surface area contributed by atoms with Gasteiger partial charge < -0.3 is 9.47 Å². The maximum atomic E-state index is 15.3. The van der Waals surface area contributed by atoms with Crippen LogP contribution in [0.1, 0.15) is 35.5 Å². The first-order chi connectivity index (χ1) is 17.5. The summed E-state index contributed by atoms with van der Waals surface area (Å²) in [5.41, 5.74) is 3.20. The van der Waals surface area contributed by atoms with Crippen LogP contribution in [0.5, 0.6) is 5.75 Å². The minimum atomic E-state index is -0.469. The van der Waals surface area contributed by atoms with Crippen LogP contribution in [0.2, 0.25) is 10.0 Å². The molecule has 5 rings (SSSR count). The van der Waals surface area contributed by atoms with Crippen LogP contribution in [0.4, 0.5) is 4.39 Å². The van der Waals surface area contributed by atoms with Gasteiger partial charge >= 0.3 is 0 Å². The maximum absolute atomic E-state index is 15.3. The van der Waals surface area contributed by atoms with Crippen LogP contribution in [0.25, 0.3) is 22.8 Å². The van der Waals surface area contributed by atoms with Gasteiger partial charge in [-0.1, -0.05) is 35.3 Å². The summed E-state index contributed by atoms with van der Waals surface area (Å²) in [4.78, 5) is 6.79. The monoisotopic (exact) mass is 526 g/mol. The van der Waals surface area contributed by atoms with E-state index in [9.17, 15) is 0 Å². The van der Waals surface area contributed by atoms with Crippen molar-refractivity contribution in [3.8, 4) is 5.75 Å².